The average molecular weight is 301 g/mol. The molecule has 20 heavy (non-hydrogen) atoms. The van der Waals surface area contributed by atoms with Gasteiger partial charge in [0.1, 0.15) is 11.3 Å². The van der Waals surface area contributed by atoms with E-state index in [1.165, 1.54) is 19.2 Å². The molecule has 1 aliphatic carbocycles. The summed E-state index contributed by atoms with van der Waals surface area (Å²) in [5.41, 5.74) is -0.219. The highest BCUT2D eigenvalue weighted by molar-refractivity contribution is 7.89. The van der Waals surface area contributed by atoms with Gasteiger partial charge in [0.05, 0.1) is 18.1 Å². The van der Waals surface area contributed by atoms with Gasteiger partial charge in [0, 0.05) is 6.04 Å². The average Bonchev–Trinajstić information content (AvgIpc) is 2.35. The Morgan fingerprint density at radius 2 is 2.05 bits per heavy atom. The van der Waals surface area contributed by atoms with Gasteiger partial charge < -0.3 is 14.9 Å². The minimum atomic E-state index is -3.80. The minimum Gasteiger partial charge on any atom is -0.496 e. The minimum absolute atomic E-state index is 0.0931. The molecule has 0 aromatic heterocycles. The zero-order chi connectivity index (χ0) is 14.9. The van der Waals surface area contributed by atoms with Crippen LogP contribution in [0, 0.1) is 0 Å². The highest BCUT2D eigenvalue weighted by atomic mass is 32.2. The Labute approximate surface area is 116 Å². The monoisotopic (exact) mass is 301 g/mol. The largest absolute Gasteiger partial charge is 0.496 e. The molecule has 0 bridgehead atoms. The number of aliphatic hydroxyl groups is 1. The molecule has 2 rings (SSSR count). The summed E-state index contributed by atoms with van der Waals surface area (Å²) in [6.45, 7) is 0. The zero-order valence-corrected chi connectivity index (χ0v) is 11.6. The molecule has 110 valence electrons. The molecule has 0 aliphatic heterocycles. The van der Waals surface area contributed by atoms with Gasteiger partial charge >= 0.3 is 5.97 Å². The summed E-state index contributed by atoms with van der Waals surface area (Å²) in [6.07, 6.45) is 0.246. The van der Waals surface area contributed by atoms with Crippen LogP contribution >= 0.6 is 0 Å². The van der Waals surface area contributed by atoms with Gasteiger partial charge in [-0.1, -0.05) is 0 Å². The highest BCUT2D eigenvalue weighted by Crippen LogP contribution is 2.25. The Bertz CT molecular complexity index is 621. The number of nitrogens with one attached hydrogen (secondary N) is 1. The fraction of sp³-hybridized carbons (Fsp3) is 0.417. The second-order valence-corrected chi connectivity index (χ2v) is 6.32. The van der Waals surface area contributed by atoms with E-state index in [0.717, 1.165) is 6.07 Å². The molecule has 1 aromatic rings. The van der Waals surface area contributed by atoms with Gasteiger partial charge in [0.25, 0.3) is 0 Å². The van der Waals surface area contributed by atoms with Crippen LogP contribution < -0.4 is 9.46 Å². The number of carbonyl (C=O) groups is 1. The maximum absolute atomic E-state index is 12.1. The van der Waals surface area contributed by atoms with Crippen molar-refractivity contribution < 1.29 is 28.2 Å². The molecule has 1 aromatic carbocycles. The Kier molecular flexibility index (Phi) is 3.98. The van der Waals surface area contributed by atoms with E-state index in [-0.39, 0.29) is 22.3 Å². The van der Waals surface area contributed by atoms with Gasteiger partial charge in [-0.3, -0.25) is 0 Å². The molecule has 7 nitrogen and oxygen atoms in total. The van der Waals surface area contributed by atoms with Crippen LogP contribution in [0.2, 0.25) is 0 Å². The van der Waals surface area contributed by atoms with Crippen molar-refractivity contribution in [1.29, 1.82) is 0 Å². The van der Waals surface area contributed by atoms with E-state index >= 15 is 0 Å². The summed E-state index contributed by atoms with van der Waals surface area (Å²) >= 11 is 0. The highest BCUT2D eigenvalue weighted by Gasteiger charge is 2.31. The Balaban J connectivity index is 2.27. The van der Waals surface area contributed by atoms with Crippen LogP contribution in [0.1, 0.15) is 23.2 Å². The molecule has 3 N–H and O–H groups in total. The third kappa shape index (κ3) is 2.92. The fourth-order valence-corrected chi connectivity index (χ4v) is 3.28. The molecule has 0 saturated heterocycles. The van der Waals surface area contributed by atoms with Gasteiger partial charge in [-0.2, -0.15) is 0 Å². The number of aliphatic hydroxyl groups excluding tert-OH is 1. The SMILES string of the molecule is COc1ccc(S(=O)(=O)NC2CC(O)C2)cc1C(=O)O. The number of hydrogen-bond donors (Lipinski definition) is 3. The number of methoxy groups -OCH3 is 1. The summed E-state index contributed by atoms with van der Waals surface area (Å²) in [5, 5.41) is 18.2. The van der Waals surface area contributed by atoms with Crippen LogP contribution in [-0.4, -0.2) is 43.9 Å². The lowest BCUT2D eigenvalue weighted by atomic mass is 9.91. The Morgan fingerprint density at radius 1 is 1.40 bits per heavy atom. The summed E-state index contributed by atoms with van der Waals surface area (Å²) in [5.74, 6) is -1.17. The van der Waals surface area contributed by atoms with E-state index < -0.39 is 22.1 Å². The first-order chi connectivity index (χ1) is 9.33. The lowest BCUT2D eigenvalue weighted by molar-refractivity contribution is 0.0691. The van der Waals surface area contributed by atoms with Crippen LogP contribution in [0.3, 0.4) is 0 Å². The first kappa shape index (κ1) is 14.8. The van der Waals surface area contributed by atoms with Gasteiger partial charge in [-0.25, -0.2) is 17.9 Å². The summed E-state index contributed by atoms with van der Waals surface area (Å²) < 4.78 is 31.5. The van der Waals surface area contributed by atoms with Crippen LogP contribution in [0.25, 0.3) is 0 Å². The van der Waals surface area contributed by atoms with Crippen molar-refractivity contribution in [2.24, 2.45) is 0 Å². The predicted molar refractivity (Wildman–Crippen MR) is 69.3 cm³/mol. The van der Waals surface area contributed by atoms with Crippen molar-refractivity contribution in [3.05, 3.63) is 23.8 Å². The maximum Gasteiger partial charge on any atom is 0.339 e. The number of hydrogen-bond acceptors (Lipinski definition) is 5. The van der Waals surface area contributed by atoms with E-state index in [2.05, 4.69) is 4.72 Å². The lowest BCUT2D eigenvalue weighted by Crippen LogP contribution is -2.46. The predicted octanol–water partition coefficient (Wildman–Crippen LogP) is 0.195. The van der Waals surface area contributed by atoms with E-state index in [1.54, 1.807) is 0 Å². The normalized spacial score (nSPS) is 22.1. The molecule has 8 heteroatoms. The molecule has 1 aliphatic rings. The molecule has 0 spiro atoms. The number of ether oxygens (including phenoxy) is 1. The summed E-state index contributed by atoms with van der Waals surface area (Å²) in [4.78, 5) is 10.9. The molecule has 0 amide bonds. The number of carboxylic acid groups (broad SMARTS) is 1. The Hall–Kier alpha value is -1.64. The molecule has 0 radical (unpaired) electrons. The quantitative estimate of drug-likeness (QED) is 0.716. The van der Waals surface area contributed by atoms with Crippen molar-refractivity contribution in [2.45, 2.75) is 29.9 Å². The van der Waals surface area contributed by atoms with Crippen LogP contribution in [0.15, 0.2) is 23.1 Å². The number of rotatable bonds is 5. The number of benzene rings is 1. The van der Waals surface area contributed by atoms with Crippen molar-refractivity contribution in [3.8, 4) is 5.75 Å². The summed E-state index contributed by atoms with van der Waals surface area (Å²) in [7, 11) is -2.50. The van der Waals surface area contributed by atoms with Gasteiger partial charge in [0.2, 0.25) is 10.0 Å². The number of carboxylic acids is 1. The van der Waals surface area contributed by atoms with Gasteiger partial charge in [-0.05, 0) is 31.0 Å². The molecule has 0 atom stereocenters. The molecule has 1 fully saturated rings. The maximum atomic E-state index is 12.1. The van der Waals surface area contributed by atoms with Gasteiger partial charge in [-0.15, -0.1) is 0 Å². The van der Waals surface area contributed by atoms with E-state index in [0.29, 0.717) is 12.8 Å². The first-order valence-corrected chi connectivity index (χ1v) is 7.43. The van der Waals surface area contributed by atoms with Crippen LogP contribution in [0.5, 0.6) is 5.75 Å². The molecular formula is C12H15NO6S. The fourth-order valence-electron chi connectivity index (χ4n) is 1.99. The standard InChI is InChI=1S/C12H15NO6S/c1-19-11-3-2-9(6-10(11)12(15)16)20(17,18)13-7-4-8(14)5-7/h2-3,6-8,13-14H,4-5H2,1H3,(H,15,16). The topological polar surface area (TPSA) is 113 Å². The number of sulfonamides is 1. The smallest absolute Gasteiger partial charge is 0.339 e. The van der Waals surface area contributed by atoms with Crippen molar-refractivity contribution >= 4 is 16.0 Å². The van der Waals surface area contributed by atoms with Crippen molar-refractivity contribution in [1.82, 2.24) is 4.72 Å². The zero-order valence-electron chi connectivity index (χ0n) is 10.7. The van der Waals surface area contributed by atoms with E-state index in [9.17, 15) is 13.2 Å². The molecular weight excluding hydrogens is 286 g/mol. The van der Waals surface area contributed by atoms with Crippen LogP contribution in [-0.2, 0) is 10.0 Å². The third-order valence-corrected chi connectivity index (χ3v) is 4.66. The van der Waals surface area contributed by atoms with Crippen molar-refractivity contribution in [3.63, 3.8) is 0 Å². The van der Waals surface area contributed by atoms with Gasteiger partial charge in [0.15, 0.2) is 0 Å². The summed E-state index contributed by atoms with van der Waals surface area (Å²) in [6, 6.07) is 3.32. The second-order valence-electron chi connectivity index (χ2n) is 4.61. The number of aromatic carboxylic acids is 1. The molecule has 0 heterocycles. The Morgan fingerprint density at radius 3 is 2.55 bits per heavy atom. The van der Waals surface area contributed by atoms with Crippen LogP contribution in [0.4, 0.5) is 0 Å². The third-order valence-electron chi connectivity index (χ3n) is 3.15. The second kappa shape index (κ2) is 5.39. The van der Waals surface area contributed by atoms with E-state index in [1.807, 2.05) is 0 Å². The first-order valence-electron chi connectivity index (χ1n) is 5.95. The molecule has 0 unspecified atom stereocenters. The molecule has 1 saturated carbocycles. The van der Waals surface area contributed by atoms with Crippen molar-refractivity contribution in [2.75, 3.05) is 7.11 Å². The lowest BCUT2D eigenvalue weighted by Gasteiger charge is -2.31. The van der Waals surface area contributed by atoms with E-state index in [4.69, 9.17) is 14.9 Å².